The molecule has 0 spiro atoms. The van der Waals surface area contributed by atoms with Crippen LogP contribution in [0.1, 0.15) is 58.3 Å². The number of aliphatic hydroxyl groups is 1. The van der Waals surface area contributed by atoms with Gasteiger partial charge in [-0.25, -0.2) is 0 Å². The fourth-order valence-electron chi connectivity index (χ4n) is 5.50. The van der Waals surface area contributed by atoms with Gasteiger partial charge in [0, 0.05) is 36.9 Å². The minimum Gasteiger partial charge on any atom is -0.512 e. The summed E-state index contributed by atoms with van der Waals surface area (Å²) in [5, 5.41) is 17.6. The van der Waals surface area contributed by atoms with E-state index in [0.29, 0.717) is 5.41 Å². The molecule has 0 radical (unpaired) electrons. The van der Waals surface area contributed by atoms with Crippen LogP contribution in [0.3, 0.4) is 0 Å². The molecular formula is C20H31N3O2. The second-order valence-electron chi connectivity index (χ2n) is 8.63. The zero-order chi connectivity index (χ0) is 17.7. The Balaban J connectivity index is 1.36. The third-order valence-corrected chi connectivity index (χ3v) is 7.10. The largest absolute Gasteiger partial charge is 0.512 e. The molecule has 2 bridgehead atoms. The van der Waals surface area contributed by atoms with E-state index in [2.05, 4.69) is 17.6 Å². The number of fused-ring (bicyclic) bond motifs is 2. The first-order valence-corrected chi connectivity index (χ1v) is 9.81. The fourth-order valence-corrected chi connectivity index (χ4v) is 5.50. The quantitative estimate of drug-likeness (QED) is 0.489. The van der Waals surface area contributed by atoms with Gasteiger partial charge in [-0.3, -0.25) is 4.79 Å². The Morgan fingerprint density at radius 1 is 1.36 bits per heavy atom. The maximum absolute atomic E-state index is 11.2. The Bertz CT molecular complexity index is 623. The van der Waals surface area contributed by atoms with Gasteiger partial charge in [-0.1, -0.05) is 6.92 Å². The molecule has 1 unspecified atom stereocenters. The van der Waals surface area contributed by atoms with Crippen LogP contribution in [0.15, 0.2) is 22.7 Å². The Labute approximate surface area is 150 Å². The van der Waals surface area contributed by atoms with Gasteiger partial charge in [0.15, 0.2) is 12.5 Å². The number of carbonyl (C=O) groups is 1. The Kier molecular flexibility index (Phi) is 4.10. The predicted octanol–water partition coefficient (Wildman–Crippen LogP) is 2.81. The van der Waals surface area contributed by atoms with Gasteiger partial charge in [0.1, 0.15) is 0 Å². The van der Waals surface area contributed by atoms with Crippen molar-refractivity contribution in [2.75, 3.05) is 20.1 Å². The van der Waals surface area contributed by atoms with Crippen LogP contribution in [0.4, 0.5) is 0 Å². The van der Waals surface area contributed by atoms with Crippen LogP contribution in [0.25, 0.3) is 0 Å². The van der Waals surface area contributed by atoms with Crippen LogP contribution in [-0.4, -0.2) is 42.6 Å². The van der Waals surface area contributed by atoms with Crippen LogP contribution < -0.4 is 10.6 Å². The molecule has 5 nitrogen and oxygen atoms in total. The number of nitrogens with one attached hydrogen (secondary N) is 2. The maximum Gasteiger partial charge on any atom is 0.162 e. The van der Waals surface area contributed by atoms with Crippen LogP contribution in [0.2, 0.25) is 0 Å². The normalized spacial score (nSPS) is 36.2. The second kappa shape index (κ2) is 6.04. The molecule has 4 aliphatic rings. The highest BCUT2D eigenvalue weighted by Crippen LogP contribution is 2.65. The molecule has 0 aromatic rings. The highest BCUT2D eigenvalue weighted by Gasteiger charge is 2.56. The van der Waals surface area contributed by atoms with Crippen molar-refractivity contribution in [2.24, 2.45) is 10.8 Å². The van der Waals surface area contributed by atoms with Crippen LogP contribution in [0, 0.1) is 10.8 Å². The van der Waals surface area contributed by atoms with Gasteiger partial charge in [-0.05, 0) is 62.4 Å². The van der Waals surface area contributed by atoms with Crippen molar-refractivity contribution in [1.29, 1.82) is 0 Å². The van der Waals surface area contributed by atoms with Crippen molar-refractivity contribution in [3.8, 4) is 0 Å². The third kappa shape index (κ3) is 2.77. The number of aldehydes is 1. The van der Waals surface area contributed by atoms with Gasteiger partial charge in [-0.2, -0.15) is 0 Å². The van der Waals surface area contributed by atoms with Crippen LogP contribution in [0.5, 0.6) is 0 Å². The number of nitrogens with zero attached hydrogens (tertiary/aromatic N) is 1. The summed E-state index contributed by atoms with van der Waals surface area (Å²) in [6, 6.07) is 0. The average Bonchev–Trinajstić information content (AvgIpc) is 3.22. The van der Waals surface area contributed by atoms with Gasteiger partial charge >= 0.3 is 0 Å². The lowest BCUT2D eigenvalue weighted by Crippen LogP contribution is -2.38. The predicted molar refractivity (Wildman–Crippen MR) is 97.8 cm³/mol. The molecule has 3 fully saturated rings. The lowest BCUT2D eigenvalue weighted by atomic mass is 9.80. The van der Waals surface area contributed by atoms with Crippen molar-refractivity contribution in [1.82, 2.24) is 15.5 Å². The van der Waals surface area contributed by atoms with Crippen molar-refractivity contribution < 1.29 is 9.90 Å². The van der Waals surface area contributed by atoms with Gasteiger partial charge in [0.25, 0.3) is 0 Å². The molecule has 5 heteroatoms. The summed E-state index contributed by atoms with van der Waals surface area (Å²) >= 11 is 0. The van der Waals surface area contributed by atoms with Gasteiger partial charge < -0.3 is 20.6 Å². The molecule has 138 valence electrons. The number of allylic oxidation sites excluding steroid dienone is 3. The zero-order valence-electron chi connectivity index (χ0n) is 15.5. The summed E-state index contributed by atoms with van der Waals surface area (Å²) in [5.74, 6) is 0.760. The number of rotatable bonds is 7. The van der Waals surface area contributed by atoms with E-state index < -0.39 is 0 Å². The molecule has 3 aliphatic carbocycles. The summed E-state index contributed by atoms with van der Waals surface area (Å²) in [6.45, 7) is 3.94. The molecule has 1 heterocycles. The summed E-state index contributed by atoms with van der Waals surface area (Å²) < 4.78 is 0. The summed E-state index contributed by atoms with van der Waals surface area (Å²) in [7, 11) is 1.98. The number of hydrogen-bond donors (Lipinski definition) is 3. The van der Waals surface area contributed by atoms with Crippen molar-refractivity contribution >= 4 is 6.29 Å². The third-order valence-electron chi connectivity index (χ3n) is 7.10. The Hall–Kier alpha value is -1.49. The molecule has 0 aromatic heterocycles. The summed E-state index contributed by atoms with van der Waals surface area (Å²) in [6.07, 6.45) is 9.81. The maximum atomic E-state index is 11.2. The van der Waals surface area contributed by atoms with E-state index >= 15 is 0 Å². The summed E-state index contributed by atoms with van der Waals surface area (Å²) in [4.78, 5) is 13.2. The van der Waals surface area contributed by atoms with E-state index in [1.165, 1.54) is 24.1 Å². The zero-order valence-corrected chi connectivity index (χ0v) is 15.5. The lowest BCUT2D eigenvalue weighted by Gasteiger charge is -2.28. The number of aliphatic hydroxyl groups excluding tert-OH is 1. The Morgan fingerprint density at radius 2 is 2.08 bits per heavy atom. The SMILES string of the molecule is CCC1=C(CNCC23CCC(C(O)=C4CC4)(CC2)C3)NC(C=O)N1C. The van der Waals surface area contributed by atoms with E-state index in [9.17, 15) is 9.90 Å². The minimum atomic E-state index is -0.224. The molecule has 3 saturated carbocycles. The van der Waals surface area contributed by atoms with E-state index in [1.807, 2.05) is 11.9 Å². The molecule has 0 aromatic carbocycles. The number of hydrogen-bond acceptors (Lipinski definition) is 5. The molecule has 1 atom stereocenters. The van der Waals surface area contributed by atoms with Gasteiger partial charge in [-0.15, -0.1) is 0 Å². The molecule has 25 heavy (non-hydrogen) atoms. The van der Waals surface area contributed by atoms with Crippen molar-refractivity contribution in [3.63, 3.8) is 0 Å². The molecule has 0 amide bonds. The Morgan fingerprint density at radius 3 is 2.68 bits per heavy atom. The summed E-state index contributed by atoms with van der Waals surface area (Å²) in [5.41, 5.74) is 4.16. The van der Waals surface area contributed by atoms with E-state index in [1.54, 1.807) is 0 Å². The van der Waals surface area contributed by atoms with Gasteiger partial charge in [0.05, 0.1) is 5.76 Å². The highest BCUT2D eigenvalue weighted by atomic mass is 16.3. The molecule has 0 saturated heterocycles. The van der Waals surface area contributed by atoms with Crippen LogP contribution >= 0.6 is 0 Å². The van der Waals surface area contributed by atoms with E-state index in [0.717, 1.165) is 69.4 Å². The first kappa shape index (κ1) is 17.0. The molecule has 4 rings (SSSR count). The number of carbonyl (C=O) groups excluding carboxylic acids is 1. The molecule has 1 aliphatic heterocycles. The topological polar surface area (TPSA) is 64.6 Å². The van der Waals surface area contributed by atoms with Crippen molar-refractivity contribution in [3.05, 3.63) is 22.7 Å². The average molecular weight is 345 g/mol. The second-order valence-corrected chi connectivity index (χ2v) is 8.63. The lowest BCUT2D eigenvalue weighted by molar-refractivity contribution is -0.111. The van der Waals surface area contributed by atoms with Crippen molar-refractivity contribution in [2.45, 2.75) is 64.5 Å². The standard InChI is InChI=1S/C20H31N3O2/c1-3-16-15(22-17(11-24)23(16)2)10-21-13-19-6-8-20(12-19,9-7-19)18(25)14-4-5-14/h11,17,21-22,25H,3-10,12-13H2,1-2H3. The minimum absolute atomic E-state index is 0.107. The van der Waals surface area contributed by atoms with Gasteiger partial charge in [0.2, 0.25) is 0 Å². The molecule has 3 N–H and O–H groups in total. The molecular weight excluding hydrogens is 314 g/mol. The monoisotopic (exact) mass is 345 g/mol. The fraction of sp³-hybridized carbons (Fsp3) is 0.750. The highest BCUT2D eigenvalue weighted by molar-refractivity contribution is 5.59. The van der Waals surface area contributed by atoms with E-state index in [4.69, 9.17) is 0 Å². The first-order chi connectivity index (χ1) is 12.0. The first-order valence-electron chi connectivity index (χ1n) is 9.81. The number of likely N-dealkylation sites (N-methyl/N-ethyl adjacent to an activating group) is 1. The van der Waals surface area contributed by atoms with Crippen LogP contribution in [-0.2, 0) is 4.79 Å². The van der Waals surface area contributed by atoms with E-state index in [-0.39, 0.29) is 11.6 Å². The smallest absolute Gasteiger partial charge is 0.162 e.